The van der Waals surface area contributed by atoms with E-state index in [1.54, 1.807) is 48.5 Å². The summed E-state index contributed by atoms with van der Waals surface area (Å²) in [7, 11) is 0. The van der Waals surface area contributed by atoms with Crippen LogP contribution in [0.1, 0.15) is 31.2 Å². The Morgan fingerprint density at radius 2 is 1.91 bits per heavy atom. The van der Waals surface area contributed by atoms with Crippen molar-refractivity contribution >= 4 is 22.6 Å². The minimum Gasteiger partial charge on any atom is -0.506 e. The van der Waals surface area contributed by atoms with E-state index in [0.29, 0.717) is 36.0 Å². The van der Waals surface area contributed by atoms with Crippen LogP contribution in [0.3, 0.4) is 0 Å². The number of para-hydroxylation sites is 3. The third kappa shape index (κ3) is 4.83. The lowest BCUT2D eigenvalue weighted by atomic mass is 9.81. The van der Waals surface area contributed by atoms with Crippen molar-refractivity contribution in [2.24, 2.45) is 5.92 Å². The minimum absolute atomic E-state index is 0.0282. The number of aliphatic hydroxyl groups excluding tert-OH is 1. The Morgan fingerprint density at radius 1 is 1.15 bits per heavy atom. The number of phenolic OH excluding ortho intramolecular Hbond substituents is 1. The number of fused-ring (bicyclic) bond motifs is 1. The highest BCUT2D eigenvalue weighted by Crippen LogP contribution is 2.39. The van der Waals surface area contributed by atoms with Crippen molar-refractivity contribution in [1.82, 2.24) is 0 Å². The number of nitrogens with one attached hydrogen (secondary N) is 1. The summed E-state index contributed by atoms with van der Waals surface area (Å²) >= 11 is 0. The van der Waals surface area contributed by atoms with Crippen LogP contribution in [0.2, 0.25) is 0 Å². The number of carbonyl (C=O) groups excluding carboxylic acids is 1. The third-order valence-corrected chi connectivity index (χ3v) is 5.85. The average molecular weight is 466 g/mol. The molecule has 0 radical (unpaired) electrons. The second-order valence-electron chi connectivity index (χ2n) is 8.02. The van der Waals surface area contributed by atoms with E-state index < -0.39 is 18.1 Å². The molecule has 0 saturated heterocycles. The van der Waals surface area contributed by atoms with Crippen LogP contribution >= 0.6 is 0 Å². The molecular formula is C26H27NO7. The molecule has 0 fully saturated rings. The molecule has 2 aromatic carbocycles. The number of ether oxygens (including phenoxy) is 2. The Balaban J connectivity index is 1.77. The number of rotatable bonds is 8. The van der Waals surface area contributed by atoms with Crippen LogP contribution in [0.25, 0.3) is 11.0 Å². The zero-order chi connectivity index (χ0) is 24.1. The van der Waals surface area contributed by atoms with E-state index in [9.17, 15) is 19.8 Å². The predicted octanol–water partition coefficient (Wildman–Crippen LogP) is 3.89. The van der Waals surface area contributed by atoms with Crippen molar-refractivity contribution < 1.29 is 28.9 Å². The van der Waals surface area contributed by atoms with Gasteiger partial charge in [0.1, 0.15) is 11.3 Å². The molecule has 8 nitrogen and oxygen atoms in total. The van der Waals surface area contributed by atoms with Gasteiger partial charge in [-0.25, -0.2) is 0 Å². The standard InChI is InChI=1S/C26H27NO7/c1-2-32-26-16(9-7-13-28)18(19-15-33-22-12-6-3-8-17(22)24(19)30)14-23(34-26)25(31)27-20-10-4-5-11-21(20)29/h3-6,8,10-12,14-16,18,26,28-29H,2,7,9,13H2,1H3,(H,27,31)/t16-,18+,26-/m0/s1. The first-order chi connectivity index (χ1) is 16.5. The molecule has 8 heteroatoms. The molecule has 1 aliphatic rings. The minimum atomic E-state index is -0.817. The maximum Gasteiger partial charge on any atom is 0.290 e. The molecule has 3 atom stereocenters. The first-order valence-electron chi connectivity index (χ1n) is 11.2. The molecule has 1 amide bonds. The fraction of sp³-hybridized carbons (Fsp3) is 0.308. The number of hydrogen-bond acceptors (Lipinski definition) is 7. The van der Waals surface area contributed by atoms with Crippen LogP contribution in [0.4, 0.5) is 5.69 Å². The first-order valence-corrected chi connectivity index (χ1v) is 11.2. The van der Waals surface area contributed by atoms with Gasteiger partial charge in [0.25, 0.3) is 5.91 Å². The first kappa shape index (κ1) is 23.5. The van der Waals surface area contributed by atoms with Crippen molar-refractivity contribution in [3.05, 3.63) is 82.4 Å². The largest absolute Gasteiger partial charge is 0.506 e. The highest BCUT2D eigenvalue weighted by Gasteiger charge is 2.39. The number of aromatic hydroxyl groups is 1. The molecule has 0 saturated carbocycles. The van der Waals surface area contributed by atoms with Crippen molar-refractivity contribution in [3.63, 3.8) is 0 Å². The van der Waals surface area contributed by atoms with Crippen LogP contribution in [-0.2, 0) is 14.3 Å². The summed E-state index contributed by atoms with van der Waals surface area (Å²) in [6.07, 6.45) is 3.17. The molecular weight excluding hydrogens is 438 g/mol. The van der Waals surface area contributed by atoms with Crippen molar-refractivity contribution in [3.8, 4) is 5.75 Å². The fourth-order valence-corrected chi connectivity index (χ4v) is 4.21. The smallest absolute Gasteiger partial charge is 0.290 e. The summed E-state index contributed by atoms with van der Waals surface area (Å²) in [6, 6.07) is 13.3. The van der Waals surface area contributed by atoms with E-state index in [-0.39, 0.29) is 35.1 Å². The Hall–Kier alpha value is -3.62. The van der Waals surface area contributed by atoms with E-state index in [1.807, 2.05) is 6.92 Å². The molecule has 1 aliphatic heterocycles. The number of anilines is 1. The van der Waals surface area contributed by atoms with Gasteiger partial charge in [0.15, 0.2) is 11.2 Å². The molecule has 2 heterocycles. The van der Waals surface area contributed by atoms with Gasteiger partial charge >= 0.3 is 0 Å². The quantitative estimate of drug-likeness (QED) is 0.432. The molecule has 3 aromatic rings. The molecule has 0 spiro atoms. The number of amides is 1. The van der Waals surface area contributed by atoms with Gasteiger partial charge < -0.3 is 29.4 Å². The zero-order valence-corrected chi connectivity index (χ0v) is 18.8. The summed E-state index contributed by atoms with van der Waals surface area (Å²) in [5.41, 5.74) is 0.879. The van der Waals surface area contributed by atoms with Gasteiger partial charge in [0.05, 0.1) is 17.3 Å². The van der Waals surface area contributed by atoms with E-state index in [1.165, 1.54) is 12.3 Å². The normalized spacial score (nSPS) is 19.9. The molecule has 34 heavy (non-hydrogen) atoms. The summed E-state index contributed by atoms with van der Waals surface area (Å²) in [6.45, 7) is 2.11. The summed E-state index contributed by atoms with van der Waals surface area (Å²) in [5.74, 6) is -1.58. The summed E-state index contributed by atoms with van der Waals surface area (Å²) < 4.78 is 17.5. The summed E-state index contributed by atoms with van der Waals surface area (Å²) in [5, 5.41) is 22.5. The lowest BCUT2D eigenvalue weighted by Crippen LogP contribution is -2.38. The number of hydrogen-bond donors (Lipinski definition) is 3. The Kier molecular flexibility index (Phi) is 7.30. The van der Waals surface area contributed by atoms with E-state index in [4.69, 9.17) is 13.9 Å². The number of phenols is 1. The topological polar surface area (TPSA) is 118 Å². The van der Waals surface area contributed by atoms with Crippen LogP contribution in [0, 0.1) is 5.92 Å². The molecule has 1 aromatic heterocycles. The highest BCUT2D eigenvalue weighted by atomic mass is 16.7. The molecule has 0 bridgehead atoms. The van der Waals surface area contributed by atoms with Gasteiger partial charge in [-0.2, -0.15) is 0 Å². The molecule has 0 unspecified atom stereocenters. The number of carbonyl (C=O) groups is 1. The van der Waals surface area contributed by atoms with Gasteiger partial charge in [-0.3, -0.25) is 9.59 Å². The maximum atomic E-state index is 13.4. The lowest BCUT2D eigenvalue weighted by Gasteiger charge is -2.36. The molecule has 3 N–H and O–H groups in total. The second kappa shape index (κ2) is 10.5. The number of allylic oxidation sites excluding steroid dienone is 1. The lowest BCUT2D eigenvalue weighted by molar-refractivity contribution is -0.165. The third-order valence-electron chi connectivity index (χ3n) is 5.85. The van der Waals surface area contributed by atoms with Gasteiger partial charge in [-0.15, -0.1) is 0 Å². The van der Waals surface area contributed by atoms with E-state index in [2.05, 4.69) is 5.32 Å². The second-order valence-corrected chi connectivity index (χ2v) is 8.02. The van der Waals surface area contributed by atoms with Crippen molar-refractivity contribution in [2.45, 2.75) is 32.0 Å². The van der Waals surface area contributed by atoms with Crippen molar-refractivity contribution in [1.29, 1.82) is 0 Å². The Labute approximate surface area is 196 Å². The number of aliphatic hydroxyl groups is 1. The van der Waals surface area contributed by atoms with Crippen LogP contribution in [-0.4, -0.2) is 35.6 Å². The van der Waals surface area contributed by atoms with Crippen LogP contribution < -0.4 is 10.7 Å². The van der Waals surface area contributed by atoms with E-state index in [0.717, 1.165) is 0 Å². The number of benzene rings is 2. The zero-order valence-electron chi connectivity index (χ0n) is 18.8. The van der Waals surface area contributed by atoms with Crippen LogP contribution in [0.5, 0.6) is 5.75 Å². The van der Waals surface area contributed by atoms with Gasteiger partial charge in [-0.1, -0.05) is 24.3 Å². The summed E-state index contributed by atoms with van der Waals surface area (Å²) in [4.78, 5) is 26.4. The van der Waals surface area contributed by atoms with Gasteiger partial charge in [0, 0.05) is 30.6 Å². The highest BCUT2D eigenvalue weighted by molar-refractivity contribution is 6.03. The van der Waals surface area contributed by atoms with Crippen molar-refractivity contribution in [2.75, 3.05) is 18.5 Å². The SMILES string of the molecule is CCO[C@H]1OC(C(=O)Nc2ccccc2O)=C[C@@H](c2coc3ccccc3c2=O)[C@@H]1CCCO. The maximum absolute atomic E-state index is 13.4. The fourth-order valence-electron chi connectivity index (χ4n) is 4.21. The molecule has 4 rings (SSSR count). The predicted molar refractivity (Wildman–Crippen MR) is 126 cm³/mol. The molecule has 178 valence electrons. The molecule has 0 aliphatic carbocycles. The Morgan fingerprint density at radius 3 is 2.68 bits per heavy atom. The van der Waals surface area contributed by atoms with Gasteiger partial charge in [0.2, 0.25) is 6.29 Å². The monoisotopic (exact) mass is 465 g/mol. The van der Waals surface area contributed by atoms with E-state index >= 15 is 0 Å². The average Bonchev–Trinajstić information content (AvgIpc) is 2.85. The van der Waals surface area contributed by atoms with Gasteiger partial charge in [-0.05, 0) is 50.1 Å². The van der Waals surface area contributed by atoms with Crippen LogP contribution in [0.15, 0.2) is 75.8 Å². The Bertz CT molecular complexity index is 1250.